The van der Waals surface area contributed by atoms with Gasteiger partial charge in [0.15, 0.2) is 12.2 Å². The summed E-state index contributed by atoms with van der Waals surface area (Å²) in [6.45, 7) is 1.25. The summed E-state index contributed by atoms with van der Waals surface area (Å²) in [5.41, 5.74) is 2.97. The van der Waals surface area contributed by atoms with Crippen LogP contribution in [0.1, 0.15) is 12.2 Å². The number of hydrogen-bond acceptors (Lipinski definition) is 1. The average molecular weight is 423 g/mol. The predicted octanol–water partition coefficient (Wildman–Crippen LogP) is 1.34. The quantitative estimate of drug-likeness (QED) is 0.633. The van der Waals surface area contributed by atoms with Gasteiger partial charge in [-0.15, -0.1) is 0 Å². The maximum atomic E-state index is 12.5. The monoisotopic (exact) mass is 421 g/mol. The SMILES string of the molecule is O=C(C[n+]1cc(-c2ccc(Cl)cc2)n2c1CCC2)Nc1ccc(Cl)cc1.[Cl-]. The molecule has 3 aromatic rings. The van der Waals surface area contributed by atoms with Crippen molar-refractivity contribution in [3.8, 4) is 11.3 Å². The second kappa shape index (κ2) is 8.34. The highest BCUT2D eigenvalue weighted by atomic mass is 35.5. The fraction of sp³-hybridized carbons (Fsp3) is 0.200. The van der Waals surface area contributed by atoms with E-state index in [4.69, 9.17) is 23.2 Å². The number of anilines is 1. The summed E-state index contributed by atoms with van der Waals surface area (Å²) in [4.78, 5) is 12.5. The van der Waals surface area contributed by atoms with Crippen molar-refractivity contribution in [3.05, 3.63) is 70.6 Å². The van der Waals surface area contributed by atoms with Gasteiger partial charge < -0.3 is 17.7 Å². The summed E-state index contributed by atoms with van der Waals surface area (Å²) >= 11 is 11.9. The summed E-state index contributed by atoms with van der Waals surface area (Å²) in [6, 6.07) is 14.9. The smallest absolute Gasteiger partial charge is 0.266 e. The third kappa shape index (κ3) is 4.29. The van der Waals surface area contributed by atoms with Crippen molar-refractivity contribution in [1.82, 2.24) is 4.57 Å². The molecular formula is C20H18Cl3N3O. The van der Waals surface area contributed by atoms with E-state index in [9.17, 15) is 4.79 Å². The zero-order valence-corrected chi connectivity index (χ0v) is 16.7. The van der Waals surface area contributed by atoms with Gasteiger partial charge in [-0.3, -0.25) is 4.79 Å². The minimum atomic E-state index is -0.0553. The van der Waals surface area contributed by atoms with Gasteiger partial charge in [0.05, 0.1) is 13.0 Å². The highest BCUT2D eigenvalue weighted by molar-refractivity contribution is 6.30. The Hall–Kier alpha value is -2.01. The van der Waals surface area contributed by atoms with Crippen LogP contribution in [0.3, 0.4) is 0 Å². The summed E-state index contributed by atoms with van der Waals surface area (Å²) in [5, 5.41) is 4.29. The van der Waals surface area contributed by atoms with Crippen LogP contribution in [0, 0.1) is 0 Å². The number of imidazole rings is 1. The van der Waals surface area contributed by atoms with Crippen LogP contribution in [-0.4, -0.2) is 10.5 Å². The fourth-order valence-electron chi connectivity index (χ4n) is 3.39. The van der Waals surface area contributed by atoms with E-state index in [1.807, 2.05) is 28.8 Å². The van der Waals surface area contributed by atoms with Crippen LogP contribution < -0.4 is 22.3 Å². The number of nitrogens with one attached hydrogen (secondary N) is 1. The lowest BCUT2D eigenvalue weighted by molar-refractivity contribution is -0.690. The minimum Gasteiger partial charge on any atom is -1.00 e. The molecule has 0 saturated carbocycles. The first kappa shape index (κ1) is 19.7. The zero-order valence-electron chi connectivity index (χ0n) is 14.5. The molecule has 0 aliphatic carbocycles. The van der Waals surface area contributed by atoms with Crippen molar-refractivity contribution >= 4 is 34.8 Å². The average Bonchev–Trinajstić information content (AvgIpc) is 3.22. The van der Waals surface area contributed by atoms with Crippen LogP contribution in [0.5, 0.6) is 0 Å². The maximum absolute atomic E-state index is 12.5. The molecule has 1 aliphatic rings. The lowest BCUT2D eigenvalue weighted by Gasteiger charge is -2.04. The summed E-state index contributed by atoms with van der Waals surface area (Å²) in [6.07, 6.45) is 4.12. The van der Waals surface area contributed by atoms with Gasteiger partial charge in [-0.05, 0) is 55.0 Å². The Morgan fingerprint density at radius 3 is 2.33 bits per heavy atom. The largest absolute Gasteiger partial charge is 1.00 e. The molecule has 0 radical (unpaired) electrons. The Labute approximate surface area is 174 Å². The topological polar surface area (TPSA) is 37.9 Å². The molecule has 140 valence electrons. The van der Waals surface area contributed by atoms with Crippen LogP contribution in [-0.2, 0) is 24.3 Å². The standard InChI is InChI=1S/C20H17Cl2N3O.ClH/c21-15-5-3-14(4-6-15)18-12-24(20-2-1-11-25(18)20)13-19(26)23-17-9-7-16(22)8-10-17;/h3-10,12H,1-2,11,13H2;1H. The maximum Gasteiger partial charge on any atom is 0.266 e. The van der Waals surface area contributed by atoms with Crippen LogP contribution >= 0.6 is 23.2 Å². The number of carbonyl (C=O) groups is 1. The Morgan fingerprint density at radius 2 is 1.67 bits per heavy atom. The Balaban J connectivity index is 0.00000210. The van der Waals surface area contributed by atoms with E-state index in [2.05, 4.69) is 16.1 Å². The minimum absolute atomic E-state index is 0. The Bertz CT molecular complexity index is 950. The first-order valence-electron chi connectivity index (χ1n) is 8.53. The lowest BCUT2D eigenvalue weighted by atomic mass is 10.2. The highest BCUT2D eigenvalue weighted by Gasteiger charge is 2.29. The molecule has 0 fully saturated rings. The molecule has 2 heterocycles. The molecule has 7 heteroatoms. The predicted molar refractivity (Wildman–Crippen MR) is 103 cm³/mol. The number of nitrogens with zero attached hydrogens (tertiary/aromatic N) is 2. The normalized spacial score (nSPS) is 12.4. The van der Waals surface area contributed by atoms with Crippen LogP contribution in [0.4, 0.5) is 5.69 Å². The molecule has 0 unspecified atom stereocenters. The van der Waals surface area contributed by atoms with Crippen molar-refractivity contribution in [2.45, 2.75) is 25.9 Å². The van der Waals surface area contributed by atoms with Crippen molar-refractivity contribution in [1.29, 1.82) is 0 Å². The van der Waals surface area contributed by atoms with Gasteiger partial charge in [0.2, 0.25) is 0 Å². The molecule has 2 aromatic carbocycles. The number of benzene rings is 2. The van der Waals surface area contributed by atoms with Crippen molar-refractivity contribution < 1.29 is 21.8 Å². The molecule has 1 amide bonds. The van der Waals surface area contributed by atoms with E-state index in [0.29, 0.717) is 5.02 Å². The van der Waals surface area contributed by atoms with Gasteiger partial charge >= 0.3 is 0 Å². The van der Waals surface area contributed by atoms with E-state index in [1.165, 1.54) is 5.82 Å². The van der Waals surface area contributed by atoms with Crippen LogP contribution in [0.25, 0.3) is 11.3 Å². The number of halogens is 3. The molecule has 4 rings (SSSR count). The van der Waals surface area contributed by atoms with Gasteiger partial charge in [-0.1, -0.05) is 23.2 Å². The number of aromatic nitrogens is 2. The van der Waals surface area contributed by atoms with Crippen LogP contribution in [0.15, 0.2) is 54.7 Å². The fourth-order valence-corrected chi connectivity index (χ4v) is 3.64. The van der Waals surface area contributed by atoms with Crippen molar-refractivity contribution in [2.75, 3.05) is 5.32 Å². The molecule has 1 N–H and O–H groups in total. The first-order valence-corrected chi connectivity index (χ1v) is 9.29. The Morgan fingerprint density at radius 1 is 1.04 bits per heavy atom. The second-order valence-corrected chi connectivity index (χ2v) is 7.25. The molecular weight excluding hydrogens is 405 g/mol. The van der Waals surface area contributed by atoms with E-state index in [0.717, 1.165) is 41.4 Å². The lowest BCUT2D eigenvalue weighted by Crippen LogP contribution is -3.00. The third-order valence-electron chi connectivity index (χ3n) is 4.58. The summed E-state index contributed by atoms with van der Waals surface area (Å²) in [7, 11) is 0. The van der Waals surface area contributed by atoms with Crippen molar-refractivity contribution in [3.63, 3.8) is 0 Å². The number of carbonyl (C=O) groups excluding carboxylic acids is 1. The molecule has 1 aliphatic heterocycles. The van der Waals surface area contributed by atoms with E-state index < -0.39 is 0 Å². The van der Waals surface area contributed by atoms with Crippen molar-refractivity contribution in [2.24, 2.45) is 0 Å². The van der Waals surface area contributed by atoms with E-state index in [-0.39, 0.29) is 24.9 Å². The number of amides is 1. The second-order valence-electron chi connectivity index (χ2n) is 6.38. The first-order chi connectivity index (χ1) is 12.6. The molecule has 0 atom stereocenters. The molecule has 27 heavy (non-hydrogen) atoms. The molecule has 0 bridgehead atoms. The molecule has 0 spiro atoms. The number of rotatable bonds is 4. The summed E-state index contributed by atoms with van der Waals surface area (Å²) in [5.74, 6) is 1.13. The zero-order chi connectivity index (χ0) is 18.1. The summed E-state index contributed by atoms with van der Waals surface area (Å²) < 4.78 is 4.33. The van der Waals surface area contributed by atoms with Gasteiger partial charge in [0.25, 0.3) is 11.7 Å². The third-order valence-corrected chi connectivity index (χ3v) is 5.08. The molecule has 0 saturated heterocycles. The van der Waals surface area contributed by atoms with Gasteiger partial charge in [-0.25, -0.2) is 9.13 Å². The van der Waals surface area contributed by atoms with Crippen LogP contribution in [0.2, 0.25) is 10.0 Å². The Kier molecular flexibility index (Phi) is 6.10. The number of hydrogen-bond donors (Lipinski definition) is 1. The van der Waals surface area contributed by atoms with E-state index in [1.54, 1.807) is 24.3 Å². The number of fused-ring (bicyclic) bond motifs is 1. The van der Waals surface area contributed by atoms with Gasteiger partial charge in [0, 0.05) is 21.3 Å². The highest BCUT2D eigenvalue weighted by Crippen LogP contribution is 2.26. The molecule has 4 nitrogen and oxygen atoms in total. The van der Waals surface area contributed by atoms with Gasteiger partial charge in [0.1, 0.15) is 6.20 Å². The van der Waals surface area contributed by atoms with E-state index >= 15 is 0 Å². The molecule has 1 aromatic heterocycles. The van der Waals surface area contributed by atoms with Gasteiger partial charge in [-0.2, -0.15) is 0 Å².